The predicted molar refractivity (Wildman–Crippen MR) is 58.1 cm³/mol. The van der Waals surface area contributed by atoms with E-state index < -0.39 is 5.72 Å². The Balaban J connectivity index is 1.76. The minimum atomic E-state index is -0.838. The summed E-state index contributed by atoms with van der Waals surface area (Å²) < 4.78 is 11.1. The summed E-state index contributed by atoms with van der Waals surface area (Å²) in [6, 6.07) is 0. The molecule has 1 N–H and O–H groups in total. The van der Waals surface area contributed by atoms with Crippen molar-refractivity contribution in [1.82, 2.24) is 20.2 Å². The summed E-state index contributed by atoms with van der Waals surface area (Å²) in [5, 5.41) is 20.6. The molecule has 0 spiro atoms. The van der Waals surface area contributed by atoms with Gasteiger partial charge in [0.25, 0.3) is 0 Å². The number of aromatic nitrogens is 4. The van der Waals surface area contributed by atoms with E-state index in [-0.39, 0.29) is 12.7 Å². The highest BCUT2D eigenvalue weighted by atomic mass is 16.6. The minimum Gasteiger partial charge on any atom is -0.391 e. The van der Waals surface area contributed by atoms with Crippen LogP contribution in [0.25, 0.3) is 0 Å². The molecule has 2 heterocycles. The summed E-state index contributed by atoms with van der Waals surface area (Å²) in [4.78, 5) is 1.32. The SMILES string of the molecule is CCCCOCC1CC(CO)(n2ncnn2)O1. The van der Waals surface area contributed by atoms with Crippen LogP contribution in [0, 0.1) is 0 Å². The van der Waals surface area contributed by atoms with Gasteiger partial charge < -0.3 is 14.6 Å². The molecule has 1 fully saturated rings. The molecule has 2 unspecified atom stereocenters. The van der Waals surface area contributed by atoms with Crippen LogP contribution < -0.4 is 0 Å². The van der Waals surface area contributed by atoms with Crippen molar-refractivity contribution in [1.29, 1.82) is 0 Å². The minimum absolute atomic E-state index is 0.00464. The van der Waals surface area contributed by atoms with E-state index in [9.17, 15) is 5.11 Å². The fraction of sp³-hybridized carbons (Fsp3) is 0.900. The Morgan fingerprint density at radius 2 is 2.47 bits per heavy atom. The van der Waals surface area contributed by atoms with Crippen LogP contribution in [0.1, 0.15) is 26.2 Å². The van der Waals surface area contributed by atoms with Gasteiger partial charge in [-0.15, -0.1) is 15.0 Å². The lowest BCUT2D eigenvalue weighted by Crippen LogP contribution is -2.57. The van der Waals surface area contributed by atoms with Crippen LogP contribution in [0.4, 0.5) is 0 Å². The molecule has 0 aromatic carbocycles. The maximum absolute atomic E-state index is 9.34. The van der Waals surface area contributed by atoms with Crippen molar-refractivity contribution in [2.75, 3.05) is 19.8 Å². The van der Waals surface area contributed by atoms with Crippen molar-refractivity contribution in [3.05, 3.63) is 6.33 Å². The number of aliphatic hydroxyl groups excluding tert-OH is 1. The molecule has 0 aliphatic carbocycles. The standard InChI is InChI=1S/C10H18N4O3/c1-2-3-4-16-6-9-5-10(7-15,17-9)14-12-8-11-13-14/h8-9,15H,2-7H2,1H3. The van der Waals surface area contributed by atoms with E-state index in [4.69, 9.17) is 9.47 Å². The van der Waals surface area contributed by atoms with Crippen molar-refractivity contribution in [3.63, 3.8) is 0 Å². The third-order valence-electron chi connectivity index (χ3n) is 2.84. The summed E-state index contributed by atoms with van der Waals surface area (Å²) in [6.07, 6.45) is 4.15. The zero-order valence-corrected chi connectivity index (χ0v) is 9.95. The number of nitrogens with zero attached hydrogens (tertiary/aromatic N) is 4. The lowest BCUT2D eigenvalue weighted by Gasteiger charge is -2.44. The van der Waals surface area contributed by atoms with Gasteiger partial charge in [-0.2, -0.15) is 0 Å². The number of rotatable bonds is 7. The summed E-state index contributed by atoms with van der Waals surface area (Å²) in [6.45, 7) is 3.27. The molecule has 1 aliphatic heterocycles. The van der Waals surface area contributed by atoms with Gasteiger partial charge in [0.05, 0.1) is 19.3 Å². The van der Waals surface area contributed by atoms with Gasteiger partial charge in [-0.1, -0.05) is 13.3 Å². The van der Waals surface area contributed by atoms with E-state index in [1.165, 1.54) is 11.1 Å². The average Bonchev–Trinajstić information content (AvgIpc) is 2.81. The van der Waals surface area contributed by atoms with Crippen molar-refractivity contribution in [2.45, 2.75) is 38.0 Å². The van der Waals surface area contributed by atoms with Crippen LogP contribution in [0.2, 0.25) is 0 Å². The van der Waals surface area contributed by atoms with E-state index in [1.54, 1.807) is 0 Å². The highest BCUT2D eigenvalue weighted by Crippen LogP contribution is 2.35. The number of hydrogen-bond donors (Lipinski definition) is 1. The second kappa shape index (κ2) is 5.52. The van der Waals surface area contributed by atoms with Crippen molar-refractivity contribution in [2.24, 2.45) is 0 Å². The maximum Gasteiger partial charge on any atom is 0.207 e. The largest absolute Gasteiger partial charge is 0.391 e. The summed E-state index contributed by atoms with van der Waals surface area (Å²) in [5.41, 5.74) is -0.838. The first-order valence-corrected chi connectivity index (χ1v) is 5.90. The van der Waals surface area contributed by atoms with Gasteiger partial charge in [0.15, 0.2) is 6.33 Å². The van der Waals surface area contributed by atoms with Crippen LogP contribution >= 0.6 is 0 Å². The second-order valence-electron chi connectivity index (χ2n) is 4.20. The molecule has 2 atom stereocenters. The number of ether oxygens (including phenoxy) is 2. The van der Waals surface area contributed by atoms with Crippen molar-refractivity contribution < 1.29 is 14.6 Å². The molecule has 7 heteroatoms. The fourth-order valence-corrected chi connectivity index (χ4v) is 1.86. The summed E-state index contributed by atoms with van der Waals surface area (Å²) >= 11 is 0. The Morgan fingerprint density at radius 3 is 3.06 bits per heavy atom. The Morgan fingerprint density at radius 1 is 1.65 bits per heavy atom. The van der Waals surface area contributed by atoms with E-state index in [1.807, 2.05) is 0 Å². The van der Waals surface area contributed by atoms with Gasteiger partial charge in [0.1, 0.15) is 0 Å². The molecule has 0 bridgehead atoms. The van der Waals surface area contributed by atoms with Crippen LogP contribution in [0.5, 0.6) is 0 Å². The molecule has 0 saturated carbocycles. The van der Waals surface area contributed by atoms with Crippen molar-refractivity contribution in [3.8, 4) is 0 Å². The first-order chi connectivity index (χ1) is 8.30. The zero-order chi connectivity index (χ0) is 12.1. The first-order valence-electron chi connectivity index (χ1n) is 5.90. The van der Waals surface area contributed by atoms with Crippen LogP contribution in [-0.4, -0.2) is 51.2 Å². The molecule has 2 rings (SSSR count). The number of tetrazole rings is 1. The molecular weight excluding hydrogens is 224 g/mol. The molecule has 17 heavy (non-hydrogen) atoms. The normalized spacial score (nSPS) is 28.0. The van der Waals surface area contributed by atoms with Gasteiger partial charge in [0, 0.05) is 13.0 Å². The van der Waals surface area contributed by atoms with Gasteiger partial charge in [-0.25, -0.2) is 0 Å². The molecule has 1 aliphatic rings. The average molecular weight is 242 g/mol. The van der Waals surface area contributed by atoms with E-state index in [0.717, 1.165) is 19.4 Å². The smallest absolute Gasteiger partial charge is 0.207 e. The third-order valence-corrected chi connectivity index (χ3v) is 2.84. The monoisotopic (exact) mass is 242 g/mol. The first kappa shape index (κ1) is 12.4. The third kappa shape index (κ3) is 2.62. The van der Waals surface area contributed by atoms with E-state index in [0.29, 0.717) is 13.0 Å². The lowest BCUT2D eigenvalue weighted by molar-refractivity contribution is -0.294. The number of unbranched alkanes of at least 4 members (excludes halogenated alkanes) is 1. The molecule has 0 radical (unpaired) electrons. The Labute approximate surface area is 99.7 Å². The number of aliphatic hydroxyl groups is 1. The van der Waals surface area contributed by atoms with Crippen LogP contribution in [-0.2, 0) is 15.2 Å². The van der Waals surface area contributed by atoms with Gasteiger partial charge in [-0.3, -0.25) is 0 Å². The maximum atomic E-state index is 9.34. The van der Waals surface area contributed by atoms with Gasteiger partial charge >= 0.3 is 0 Å². The summed E-state index contributed by atoms with van der Waals surface area (Å²) in [7, 11) is 0. The van der Waals surface area contributed by atoms with E-state index in [2.05, 4.69) is 22.3 Å². The van der Waals surface area contributed by atoms with Crippen molar-refractivity contribution >= 4 is 0 Å². The molecule has 1 aromatic rings. The molecule has 1 saturated heterocycles. The highest BCUT2D eigenvalue weighted by Gasteiger charge is 2.49. The lowest BCUT2D eigenvalue weighted by atomic mass is 9.99. The topological polar surface area (TPSA) is 82.3 Å². The predicted octanol–water partition coefficient (Wildman–Crippen LogP) is -0.0762. The molecule has 7 nitrogen and oxygen atoms in total. The Kier molecular flexibility index (Phi) is 4.03. The summed E-state index contributed by atoms with van der Waals surface area (Å²) in [5.74, 6) is 0. The van der Waals surface area contributed by atoms with Gasteiger partial charge in [-0.05, 0) is 11.6 Å². The molecule has 0 amide bonds. The van der Waals surface area contributed by atoms with Crippen LogP contribution in [0.3, 0.4) is 0 Å². The molecule has 96 valence electrons. The van der Waals surface area contributed by atoms with Gasteiger partial charge in [0.2, 0.25) is 5.72 Å². The highest BCUT2D eigenvalue weighted by molar-refractivity contribution is 4.86. The second-order valence-corrected chi connectivity index (χ2v) is 4.20. The van der Waals surface area contributed by atoms with Crippen LogP contribution in [0.15, 0.2) is 6.33 Å². The Bertz CT molecular complexity index is 324. The number of hydrogen-bond acceptors (Lipinski definition) is 6. The molecule has 1 aromatic heterocycles. The Hall–Kier alpha value is -1.05. The fourth-order valence-electron chi connectivity index (χ4n) is 1.86. The van der Waals surface area contributed by atoms with E-state index >= 15 is 0 Å². The molecular formula is C10H18N4O3. The quantitative estimate of drug-likeness (QED) is 0.674. The zero-order valence-electron chi connectivity index (χ0n) is 9.95.